The number of rotatable bonds is 1. The standard InChI is InChI=1S/C9H10FN3/c1-6(2)13-4-8(10)7-3-11-5-12-9(7)13/h3-6H,1-2H3. The van der Waals surface area contributed by atoms with Crippen LogP contribution in [0.25, 0.3) is 11.0 Å². The van der Waals surface area contributed by atoms with E-state index in [0.29, 0.717) is 11.0 Å². The van der Waals surface area contributed by atoms with Crippen molar-refractivity contribution in [3.8, 4) is 0 Å². The van der Waals surface area contributed by atoms with Gasteiger partial charge in [-0.3, -0.25) is 0 Å². The van der Waals surface area contributed by atoms with Crippen molar-refractivity contribution < 1.29 is 4.39 Å². The molecule has 2 heterocycles. The SMILES string of the molecule is CC(C)n1cc(F)c2cncnc21. The first-order valence-electron chi connectivity index (χ1n) is 4.16. The molecule has 2 rings (SSSR count). The molecule has 0 bridgehead atoms. The Morgan fingerprint density at radius 3 is 2.92 bits per heavy atom. The Bertz CT molecular complexity index is 433. The fourth-order valence-corrected chi connectivity index (χ4v) is 1.34. The predicted octanol–water partition coefficient (Wildman–Crippen LogP) is 2.15. The van der Waals surface area contributed by atoms with Crippen molar-refractivity contribution in [2.24, 2.45) is 0 Å². The van der Waals surface area contributed by atoms with Crippen molar-refractivity contribution in [1.29, 1.82) is 0 Å². The van der Waals surface area contributed by atoms with E-state index >= 15 is 0 Å². The molecule has 0 spiro atoms. The second kappa shape index (κ2) is 2.80. The van der Waals surface area contributed by atoms with Crippen LogP contribution in [0.2, 0.25) is 0 Å². The summed E-state index contributed by atoms with van der Waals surface area (Å²) < 4.78 is 15.1. The number of hydrogen-bond donors (Lipinski definition) is 0. The molecule has 0 aliphatic heterocycles. The summed E-state index contributed by atoms with van der Waals surface area (Å²) in [6.07, 6.45) is 4.39. The average molecular weight is 179 g/mol. The molecule has 0 saturated carbocycles. The molecule has 2 aromatic rings. The second-order valence-electron chi connectivity index (χ2n) is 3.24. The maximum atomic E-state index is 13.3. The van der Waals surface area contributed by atoms with Crippen LogP contribution in [0.1, 0.15) is 19.9 Å². The van der Waals surface area contributed by atoms with Crippen molar-refractivity contribution in [3.63, 3.8) is 0 Å². The highest BCUT2D eigenvalue weighted by atomic mass is 19.1. The van der Waals surface area contributed by atoms with Crippen LogP contribution in [0.4, 0.5) is 4.39 Å². The number of hydrogen-bond acceptors (Lipinski definition) is 2. The van der Waals surface area contributed by atoms with Crippen LogP contribution in [0.5, 0.6) is 0 Å². The topological polar surface area (TPSA) is 30.7 Å². The molecule has 0 atom stereocenters. The lowest BCUT2D eigenvalue weighted by Gasteiger charge is -2.06. The summed E-state index contributed by atoms with van der Waals surface area (Å²) in [6.45, 7) is 3.97. The fraction of sp³-hybridized carbons (Fsp3) is 0.333. The highest BCUT2D eigenvalue weighted by Crippen LogP contribution is 2.20. The first-order chi connectivity index (χ1) is 6.20. The lowest BCUT2D eigenvalue weighted by atomic mass is 10.4. The third kappa shape index (κ3) is 1.18. The van der Waals surface area contributed by atoms with E-state index in [0.717, 1.165) is 0 Å². The monoisotopic (exact) mass is 179 g/mol. The van der Waals surface area contributed by atoms with Gasteiger partial charge in [0.05, 0.1) is 5.39 Å². The average Bonchev–Trinajstić information content (AvgIpc) is 2.45. The van der Waals surface area contributed by atoms with Gasteiger partial charge in [-0.15, -0.1) is 0 Å². The Balaban J connectivity index is 2.78. The molecule has 0 aliphatic rings. The summed E-state index contributed by atoms with van der Waals surface area (Å²) in [6, 6.07) is 0.210. The highest BCUT2D eigenvalue weighted by Gasteiger charge is 2.10. The third-order valence-electron chi connectivity index (χ3n) is 2.00. The van der Waals surface area contributed by atoms with Gasteiger partial charge < -0.3 is 4.57 Å². The van der Waals surface area contributed by atoms with E-state index in [1.54, 1.807) is 4.57 Å². The van der Waals surface area contributed by atoms with Crippen molar-refractivity contribution in [2.45, 2.75) is 19.9 Å². The van der Waals surface area contributed by atoms with Crippen molar-refractivity contribution in [1.82, 2.24) is 14.5 Å². The normalized spacial score (nSPS) is 11.4. The summed E-state index contributed by atoms with van der Waals surface area (Å²) in [7, 11) is 0. The molecule has 0 N–H and O–H groups in total. The maximum Gasteiger partial charge on any atom is 0.151 e. The molecule has 0 aliphatic carbocycles. The van der Waals surface area contributed by atoms with Gasteiger partial charge in [-0.1, -0.05) is 0 Å². The van der Waals surface area contributed by atoms with Gasteiger partial charge in [-0.05, 0) is 13.8 Å². The summed E-state index contributed by atoms with van der Waals surface area (Å²) in [4.78, 5) is 7.82. The Hall–Kier alpha value is -1.45. The molecule has 0 aromatic carbocycles. The molecule has 4 heteroatoms. The number of fused-ring (bicyclic) bond motifs is 1. The molecule has 0 radical (unpaired) electrons. The molecule has 3 nitrogen and oxygen atoms in total. The van der Waals surface area contributed by atoms with E-state index < -0.39 is 0 Å². The molecular formula is C9H10FN3. The van der Waals surface area contributed by atoms with E-state index in [9.17, 15) is 4.39 Å². The summed E-state index contributed by atoms with van der Waals surface area (Å²) in [5.74, 6) is -0.260. The minimum absolute atomic E-state index is 0.210. The molecule has 0 amide bonds. The van der Waals surface area contributed by atoms with Gasteiger partial charge in [0.1, 0.15) is 12.0 Å². The molecule has 2 aromatic heterocycles. The predicted molar refractivity (Wildman–Crippen MR) is 47.9 cm³/mol. The van der Waals surface area contributed by atoms with Gasteiger partial charge in [0, 0.05) is 18.4 Å². The molecule has 13 heavy (non-hydrogen) atoms. The van der Waals surface area contributed by atoms with Crippen LogP contribution in [-0.2, 0) is 0 Å². The van der Waals surface area contributed by atoms with Gasteiger partial charge in [0.15, 0.2) is 5.82 Å². The minimum atomic E-state index is -0.260. The second-order valence-corrected chi connectivity index (χ2v) is 3.24. The third-order valence-corrected chi connectivity index (χ3v) is 2.00. The van der Waals surface area contributed by atoms with E-state index in [1.807, 2.05) is 13.8 Å². The zero-order valence-corrected chi connectivity index (χ0v) is 7.53. The van der Waals surface area contributed by atoms with Crippen LogP contribution in [-0.4, -0.2) is 14.5 Å². The highest BCUT2D eigenvalue weighted by molar-refractivity contribution is 5.75. The fourth-order valence-electron chi connectivity index (χ4n) is 1.34. The molecule has 0 unspecified atom stereocenters. The first-order valence-corrected chi connectivity index (χ1v) is 4.16. The van der Waals surface area contributed by atoms with Crippen LogP contribution < -0.4 is 0 Å². The Morgan fingerprint density at radius 2 is 2.23 bits per heavy atom. The summed E-state index contributed by atoms with van der Waals surface area (Å²) in [5.41, 5.74) is 0.655. The summed E-state index contributed by atoms with van der Waals surface area (Å²) >= 11 is 0. The minimum Gasteiger partial charge on any atom is -0.327 e. The van der Waals surface area contributed by atoms with Gasteiger partial charge in [0.2, 0.25) is 0 Å². The molecule has 0 saturated heterocycles. The lowest BCUT2D eigenvalue weighted by Crippen LogP contribution is -1.99. The number of aromatic nitrogens is 3. The quantitative estimate of drug-likeness (QED) is 0.671. The van der Waals surface area contributed by atoms with Crippen LogP contribution in [0, 0.1) is 5.82 Å². The Labute approximate surface area is 75.2 Å². The zero-order valence-electron chi connectivity index (χ0n) is 7.53. The van der Waals surface area contributed by atoms with Crippen LogP contribution >= 0.6 is 0 Å². The zero-order chi connectivity index (χ0) is 9.42. The lowest BCUT2D eigenvalue weighted by molar-refractivity contribution is 0.585. The molecule has 0 fully saturated rings. The van der Waals surface area contributed by atoms with Crippen molar-refractivity contribution in [3.05, 3.63) is 24.5 Å². The van der Waals surface area contributed by atoms with E-state index in [2.05, 4.69) is 9.97 Å². The molecular weight excluding hydrogens is 169 g/mol. The smallest absolute Gasteiger partial charge is 0.151 e. The number of halogens is 1. The van der Waals surface area contributed by atoms with Crippen molar-refractivity contribution >= 4 is 11.0 Å². The van der Waals surface area contributed by atoms with Crippen molar-refractivity contribution in [2.75, 3.05) is 0 Å². The van der Waals surface area contributed by atoms with Crippen LogP contribution in [0.3, 0.4) is 0 Å². The number of nitrogens with zero attached hydrogens (tertiary/aromatic N) is 3. The summed E-state index contributed by atoms with van der Waals surface area (Å²) in [5, 5.41) is 0.483. The van der Waals surface area contributed by atoms with E-state index in [-0.39, 0.29) is 11.9 Å². The van der Waals surface area contributed by atoms with E-state index in [1.165, 1.54) is 18.7 Å². The van der Waals surface area contributed by atoms with Gasteiger partial charge in [0.25, 0.3) is 0 Å². The van der Waals surface area contributed by atoms with E-state index in [4.69, 9.17) is 0 Å². The van der Waals surface area contributed by atoms with Gasteiger partial charge >= 0.3 is 0 Å². The van der Waals surface area contributed by atoms with Crippen LogP contribution in [0.15, 0.2) is 18.7 Å². The molecule has 68 valence electrons. The van der Waals surface area contributed by atoms with Gasteiger partial charge in [-0.25, -0.2) is 14.4 Å². The maximum absolute atomic E-state index is 13.3. The Morgan fingerprint density at radius 1 is 1.46 bits per heavy atom. The largest absolute Gasteiger partial charge is 0.327 e. The Kier molecular flexibility index (Phi) is 1.76. The first kappa shape index (κ1) is 8.16. The van der Waals surface area contributed by atoms with Gasteiger partial charge in [-0.2, -0.15) is 0 Å².